The smallest absolute Gasteiger partial charge is 0.298 e. The van der Waals surface area contributed by atoms with E-state index >= 15 is 0 Å². The molecular formula is C12H7F3N2O. The maximum absolute atomic E-state index is 12.5. The molecule has 0 amide bonds. The summed E-state index contributed by atoms with van der Waals surface area (Å²) in [6, 6.07) is 4.71. The molecule has 0 aliphatic rings. The largest absolute Gasteiger partial charge is 0.416 e. The van der Waals surface area contributed by atoms with Crippen molar-refractivity contribution in [1.82, 2.24) is 9.97 Å². The van der Waals surface area contributed by atoms with Gasteiger partial charge in [0.1, 0.15) is 0 Å². The molecule has 92 valence electrons. The van der Waals surface area contributed by atoms with Gasteiger partial charge in [0.25, 0.3) is 0 Å². The normalized spacial score (nSPS) is 11.3. The number of rotatable bonds is 2. The highest BCUT2D eigenvalue weighted by molar-refractivity contribution is 5.73. The number of hydrogen-bond acceptors (Lipinski definition) is 3. The number of aromatic nitrogens is 2. The maximum atomic E-state index is 12.5. The minimum Gasteiger partial charge on any atom is -0.298 e. The second-order valence-electron chi connectivity index (χ2n) is 3.54. The second-order valence-corrected chi connectivity index (χ2v) is 3.54. The van der Waals surface area contributed by atoms with Gasteiger partial charge < -0.3 is 0 Å². The van der Waals surface area contributed by atoms with Gasteiger partial charge >= 0.3 is 6.18 Å². The molecule has 0 N–H and O–H groups in total. The van der Waals surface area contributed by atoms with Crippen LogP contribution in [-0.4, -0.2) is 16.3 Å². The number of aldehydes is 1. The Morgan fingerprint density at radius 2 is 1.78 bits per heavy atom. The first kappa shape index (κ1) is 12.2. The number of halogens is 3. The number of carbonyl (C=O) groups excluding carboxylic acids is 1. The van der Waals surface area contributed by atoms with Gasteiger partial charge in [-0.05, 0) is 12.1 Å². The molecule has 1 aromatic carbocycles. The Balaban J connectivity index is 2.41. The first-order valence-corrected chi connectivity index (χ1v) is 4.95. The molecule has 0 unspecified atom stereocenters. The summed E-state index contributed by atoms with van der Waals surface area (Å²) in [4.78, 5) is 18.1. The molecule has 0 aliphatic heterocycles. The van der Waals surface area contributed by atoms with Gasteiger partial charge in [0.15, 0.2) is 12.1 Å². The van der Waals surface area contributed by atoms with E-state index in [0.717, 1.165) is 12.1 Å². The summed E-state index contributed by atoms with van der Waals surface area (Å²) in [5.74, 6) is 0.145. The average Bonchev–Trinajstić information content (AvgIpc) is 2.38. The first-order chi connectivity index (χ1) is 8.50. The van der Waals surface area contributed by atoms with Crippen LogP contribution in [0.1, 0.15) is 15.9 Å². The summed E-state index contributed by atoms with van der Waals surface area (Å²) in [6.45, 7) is 0. The van der Waals surface area contributed by atoms with Crippen LogP contribution in [0.5, 0.6) is 0 Å². The van der Waals surface area contributed by atoms with Gasteiger partial charge in [0, 0.05) is 18.0 Å². The third-order valence-electron chi connectivity index (χ3n) is 2.26. The minimum absolute atomic E-state index is 0.145. The lowest BCUT2D eigenvalue weighted by molar-refractivity contribution is -0.137. The van der Waals surface area contributed by atoms with Gasteiger partial charge in [-0.15, -0.1) is 0 Å². The van der Waals surface area contributed by atoms with E-state index in [9.17, 15) is 18.0 Å². The lowest BCUT2D eigenvalue weighted by atomic mass is 10.1. The molecule has 0 bridgehead atoms. The fourth-order valence-electron chi connectivity index (χ4n) is 1.38. The summed E-state index contributed by atoms with van der Waals surface area (Å²) in [5.41, 5.74) is -0.240. The number of alkyl halides is 3. The monoisotopic (exact) mass is 252 g/mol. The maximum Gasteiger partial charge on any atom is 0.416 e. The molecule has 1 aromatic heterocycles. The lowest BCUT2D eigenvalue weighted by Gasteiger charge is -2.07. The molecule has 1 heterocycles. The predicted molar refractivity (Wildman–Crippen MR) is 57.9 cm³/mol. The predicted octanol–water partition coefficient (Wildman–Crippen LogP) is 2.97. The topological polar surface area (TPSA) is 42.9 Å². The van der Waals surface area contributed by atoms with Crippen molar-refractivity contribution in [1.29, 1.82) is 0 Å². The van der Waals surface area contributed by atoms with Crippen LogP contribution in [0.15, 0.2) is 36.7 Å². The molecule has 0 saturated carbocycles. The highest BCUT2D eigenvalue weighted by Gasteiger charge is 2.30. The quantitative estimate of drug-likeness (QED) is 0.771. The summed E-state index contributed by atoms with van der Waals surface area (Å²) in [7, 11) is 0. The van der Waals surface area contributed by atoms with Crippen molar-refractivity contribution in [3.8, 4) is 11.4 Å². The molecule has 18 heavy (non-hydrogen) atoms. The summed E-state index contributed by atoms with van der Waals surface area (Å²) in [5, 5.41) is 0. The Morgan fingerprint density at radius 3 is 2.33 bits per heavy atom. The SMILES string of the molecule is O=Cc1cnc(-c2cccc(C(F)(F)F)c2)nc1. The van der Waals surface area contributed by atoms with Crippen LogP contribution in [0, 0.1) is 0 Å². The van der Waals surface area contributed by atoms with Crippen molar-refractivity contribution in [2.75, 3.05) is 0 Å². The molecule has 0 atom stereocenters. The Kier molecular flexibility index (Phi) is 3.10. The first-order valence-electron chi connectivity index (χ1n) is 4.95. The molecular weight excluding hydrogens is 245 g/mol. The van der Waals surface area contributed by atoms with E-state index in [4.69, 9.17) is 0 Å². The van der Waals surface area contributed by atoms with Crippen molar-refractivity contribution >= 4 is 6.29 Å². The number of carbonyl (C=O) groups is 1. The van der Waals surface area contributed by atoms with Crippen LogP contribution in [0.25, 0.3) is 11.4 Å². The molecule has 0 fully saturated rings. The van der Waals surface area contributed by atoms with Crippen LogP contribution in [0.4, 0.5) is 13.2 Å². The number of nitrogens with zero attached hydrogens (tertiary/aromatic N) is 2. The summed E-state index contributed by atoms with van der Waals surface area (Å²) < 4.78 is 37.5. The second kappa shape index (κ2) is 4.56. The van der Waals surface area contributed by atoms with Crippen molar-refractivity contribution in [2.24, 2.45) is 0 Å². The van der Waals surface area contributed by atoms with Gasteiger partial charge in [-0.2, -0.15) is 13.2 Å². The van der Waals surface area contributed by atoms with Crippen LogP contribution >= 0.6 is 0 Å². The van der Waals surface area contributed by atoms with Gasteiger partial charge in [0.2, 0.25) is 0 Å². The Morgan fingerprint density at radius 1 is 1.11 bits per heavy atom. The highest BCUT2D eigenvalue weighted by Crippen LogP contribution is 2.31. The van der Waals surface area contributed by atoms with Crippen LogP contribution in [0.3, 0.4) is 0 Å². The fraction of sp³-hybridized carbons (Fsp3) is 0.0833. The van der Waals surface area contributed by atoms with E-state index in [1.807, 2.05) is 0 Å². The number of hydrogen-bond donors (Lipinski definition) is 0. The highest BCUT2D eigenvalue weighted by atomic mass is 19.4. The van der Waals surface area contributed by atoms with Gasteiger partial charge in [0.05, 0.1) is 11.1 Å². The van der Waals surface area contributed by atoms with E-state index in [1.54, 1.807) is 0 Å². The Bertz CT molecular complexity index is 564. The van der Waals surface area contributed by atoms with E-state index < -0.39 is 11.7 Å². The molecule has 0 radical (unpaired) electrons. The van der Waals surface area contributed by atoms with E-state index in [1.165, 1.54) is 24.5 Å². The molecule has 2 rings (SSSR count). The molecule has 2 aromatic rings. The molecule has 6 heteroatoms. The van der Waals surface area contributed by atoms with E-state index in [2.05, 4.69) is 9.97 Å². The molecule has 0 aliphatic carbocycles. The van der Waals surface area contributed by atoms with E-state index in [0.29, 0.717) is 6.29 Å². The standard InChI is InChI=1S/C12H7F3N2O/c13-12(14,15)10-3-1-2-9(4-10)11-16-5-8(7-18)6-17-11/h1-7H. The molecule has 3 nitrogen and oxygen atoms in total. The number of benzene rings is 1. The van der Waals surface area contributed by atoms with Crippen LogP contribution in [0.2, 0.25) is 0 Å². The zero-order valence-corrected chi connectivity index (χ0v) is 8.98. The van der Waals surface area contributed by atoms with Crippen LogP contribution in [-0.2, 0) is 6.18 Å². The van der Waals surface area contributed by atoms with Crippen molar-refractivity contribution in [2.45, 2.75) is 6.18 Å². The van der Waals surface area contributed by atoms with Crippen LogP contribution < -0.4 is 0 Å². The van der Waals surface area contributed by atoms with Crippen molar-refractivity contribution in [3.63, 3.8) is 0 Å². The van der Waals surface area contributed by atoms with Crippen molar-refractivity contribution < 1.29 is 18.0 Å². The van der Waals surface area contributed by atoms with Gasteiger partial charge in [-0.3, -0.25) is 4.79 Å². The fourth-order valence-corrected chi connectivity index (χ4v) is 1.38. The Labute approximate surface area is 100 Å². The van der Waals surface area contributed by atoms with Gasteiger partial charge in [-0.1, -0.05) is 12.1 Å². The van der Waals surface area contributed by atoms with Gasteiger partial charge in [-0.25, -0.2) is 9.97 Å². The summed E-state index contributed by atoms with van der Waals surface area (Å²) >= 11 is 0. The van der Waals surface area contributed by atoms with E-state index in [-0.39, 0.29) is 17.0 Å². The zero-order chi connectivity index (χ0) is 13.2. The van der Waals surface area contributed by atoms with Crippen molar-refractivity contribution in [3.05, 3.63) is 47.8 Å². The zero-order valence-electron chi connectivity index (χ0n) is 8.98. The third kappa shape index (κ3) is 2.53. The summed E-state index contributed by atoms with van der Waals surface area (Å²) in [6.07, 6.45) is -1.32. The third-order valence-corrected chi connectivity index (χ3v) is 2.26. The molecule has 0 spiro atoms. The average molecular weight is 252 g/mol. The Hall–Kier alpha value is -2.24. The molecule has 0 saturated heterocycles. The minimum atomic E-state index is -4.40. The lowest BCUT2D eigenvalue weighted by Crippen LogP contribution is -2.04.